The van der Waals surface area contributed by atoms with Crippen molar-refractivity contribution in [3.63, 3.8) is 0 Å². The minimum absolute atomic E-state index is 0.0260. The Kier molecular flexibility index (Phi) is 3.45. The number of aromatic nitrogens is 2. The first-order valence-electron chi connectivity index (χ1n) is 4.44. The molecule has 0 aliphatic heterocycles. The van der Waals surface area contributed by atoms with Gasteiger partial charge in [-0.1, -0.05) is 0 Å². The van der Waals surface area contributed by atoms with Gasteiger partial charge in [0.15, 0.2) is 0 Å². The number of hydrogen-bond donors (Lipinski definition) is 1. The summed E-state index contributed by atoms with van der Waals surface area (Å²) in [5.74, 6) is 0. The Morgan fingerprint density at radius 3 is 2.92 bits per heavy atom. The summed E-state index contributed by atoms with van der Waals surface area (Å²) in [6.45, 7) is 5.36. The van der Waals surface area contributed by atoms with E-state index in [1.54, 1.807) is 7.11 Å². The maximum absolute atomic E-state index is 5.80. The minimum Gasteiger partial charge on any atom is -0.383 e. The molecule has 1 atom stereocenters. The summed E-state index contributed by atoms with van der Waals surface area (Å²) in [4.78, 5) is 0. The fourth-order valence-electron chi connectivity index (χ4n) is 1.29. The van der Waals surface area contributed by atoms with Crippen LogP contribution in [0, 0.1) is 6.92 Å². The van der Waals surface area contributed by atoms with Gasteiger partial charge in [-0.3, -0.25) is 4.68 Å². The minimum atomic E-state index is 0.0260. The van der Waals surface area contributed by atoms with Gasteiger partial charge in [-0.25, -0.2) is 0 Å². The summed E-state index contributed by atoms with van der Waals surface area (Å²) in [7, 11) is 1.68. The van der Waals surface area contributed by atoms with Crippen molar-refractivity contribution >= 4 is 0 Å². The number of rotatable bonds is 4. The molecule has 0 aliphatic carbocycles. The summed E-state index contributed by atoms with van der Waals surface area (Å²) >= 11 is 0. The monoisotopic (exact) mass is 183 g/mol. The molecular weight excluding hydrogens is 166 g/mol. The lowest BCUT2D eigenvalue weighted by molar-refractivity contribution is 0.182. The van der Waals surface area contributed by atoms with Crippen LogP contribution in [-0.2, 0) is 11.3 Å². The van der Waals surface area contributed by atoms with E-state index in [4.69, 9.17) is 10.5 Å². The van der Waals surface area contributed by atoms with Crippen LogP contribution in [0.25, 0.3) is 0 Å². The first kappa shape index (κ1) is 10.2. The number of nitrogens with zero attached hydrogens (tertiary/aromatic N) is 2. The molecule has 2 N–H and O–H groups in total. The van der Waals surface area contributed by atoms with Gasteiger partial charge in [-0.2, -0.15) is 5.10 Å². The van der Waals surface area contributed by atoms with Crippen LogP contribution in [0.15, 0.2) is 6.07 Å². The summed E-state index contributed by atoms with van der Waals surface area (Å²) in [6, 6.07) is 2.04. The molecule has 1 rings (SSSR count). The summed E-state index contributed by atoms with van der Waals surface area (Å²) < 4.78 is 6.89. The molecule has 4 nitrogen and oxygen atoms in total. The molecule has 4 heteroatoms. The predicted octanol–water partition coefficient (Wildman–Crippen LogP) is 0.858. The highest BCUT2D eigenvalue weighted by Crippen LogP contribution is 2.10. The van der Waals surface area contributed by atoms with E-state index in [9.17, 15) is 0 Å². The Morgan fingerprint density at radius 2 is 2.38 bits per heavy atom. The molecule has 0 bridgehead atoms. The fraction of sp³-hybridized carbons (Fsp3) is 0.667. The van der Waals surface area contributed by atoms with Gasteiger partial charge < -0.3 is 10.5 Å². The molecular formula is C9H17N3O. The fourth-order valence-corrected chi connectivity index (χ4v) is 1.29. The third kappa shape index (κ3) is 2.54. The second kappa shape index (κ2) is 4.39. The van der Waals surface area contributed by atoms with Crippen LogP contribution in [0.5, 0.6) is 0 Å². The summed E-state index contributed by atoms with van der Waals surface area (Å²) in [5.41, 5.74) is 7.87. The highest BCUT2D eigenvalue weighted by atomic mass is 16.5. The van der Waals surface area contributed by atoms with Crippen molar-refractivity contribution in [3.8, 4) is 0 Å². The molecule has 0 saturated heterocycles. The molecule has 0 fully saturated rings. The van der Waals surface area contributed by atoms with Crippen LogP contribution in [0.4, 0.5) is 0 Å². The van der Waals surface area contributed by atoms with Crippen molar-refractivity contribution in [2.75, 3.05) is 13.7 Å². The molecule has 1 heterocycles. The Labute approximate surface area is 78.7 Å². The van der Waals surface area contributed by atoms with Crippen molar-refractivity contribution in [2.45, 2.75) is 26.4 Å². The third-order valence-corrected chi connectivity index (χ3v) is 1.91. The lowest BCUT2D eigenvalue weighted by Crippen LogP contribution is -2.15. The zero-order valence-electron chi connectivity index (χ0n) is 8.45. The molecule has 0 amide bonds. The van der Waals surface area contributed by atoms with Gasteiger partial charge in [0, 0.05) is 13.2 Å². The normalized spacial score (nSPS) is 13.2. The van der Waals surface area contributed by atoms with E-state index in [0.29, 0.717) is 6.61 Å². The second-order valence-electron chi connectivity index (χ2n) is 3.22. The van der Waals surface area contributed by atoms with Gasteiger partial charge in [-0.15, -0.1) is 0 Å². The maximum Gasteiger partial charge on any atom is 0.0659 e. The first-order valence-corrected chi connectivity index (χ1v) is 4.44. The Balaban J connectivity index is 2.78. The molecule has 0 aromatic carbocycles. The van der Waals surface area contributed by atoms with Crippen LogP contribution < -0.4 is 5.73 Å². The zero-order chi connectivity index (χ0) is 9.84. The Bertz CT molecular complexity index is 268. The molecule has 1 aromatic heterocycles. The van der Waals surface area contributed by atoms with Crippen molar-refractivity contribution in [1.29, 1.82) is 0 Å². The smallest absolute Gasteiger partial charge is 0.0659 e. The van der Waals surface area contributed by atoms with Gasteiger partial charge >= 0.3 is 0 Å². The number of hydrogen-bond acceptors (Lipinski definition) is 3. The maximum atomic E-state index is 5.80. The molecule has 0 aliphatic rings. The van der Waals surface area contributed by atoms with Crippen LogP contribution in [0.1, 0.15) is 24.4 Å². The average molecular weight is 183 g/mol. The average Bonchev–Trinajstić information content (AvgIpc) is 2.43. The van der Waals surface area contributed by atoms with Gasteiger partial charge in [0.25, 0.3) is 0 Å². The van der Waals surface area contributed by atoms with Crippen molar-refractivity contribution in [1.82, 2.24) is 9.78 Å². The topological polar surface area (TPSA) is 53.1 Å². The molecule has 0 spiro atoms. The van der Waals surface area contributed by atoms with Crippen molar-refractivity contribution in [2.24, 2.45) is 5.73 Å². The van der Waals surface area contributed by atoms with Gasteiger partial charge in [0.05, 0.1) is 24.5 Å². The first-order chi connectivity index (χ1) is 6.15. The number of aryl methyl sites for hydroxylation is 1. The Hall–Kier alpha value is -0.870. The number of methoxy groups -OCH3 is 1. The molecule has 1 aromatic rings. The van der Waals surface area contributed by atoms with Gasteiger partial charge in [0.1, 0.15) is 0 Å². The quantitative estimate of drug-likeness (QED) is 0.753. The molecule has 0 radical (unpaired) electrons. The summed E-state index contributed by atoms with van der Waals surface area (Å²) in [6.07, 6.45) is 0. The molecule has 74 valence electrons. The van der Waals surface area contributed by atoms with E-state index in [-0.39, 0.29) is 6.04 Å². The largest absolute Gasteiger partial charge is 0.383 e. The molecule has 0 saturated carbocycles. The third-order valence-electron chi connectivity index (χ3n) is 1.91. The lowest BCUT2D eigenvalue weighted by Gasteiger charge is -2.08. The number of nitrogens with two attached hydrogens (primary N) is 1. The second-order valence-corrected chi connectivity index (χ2v) is 3.22. The van der Waals surface area contributed by atoms with E-state index in [1.807, 2.05) is 24.6 Å². The van der Waals surface area contributed by atoms with Gasteiger partial charge in [0.2, 0.25) is 0 Å². The van der Waals surface area contributed by atoms with E-state index in [0.717, 1.165) is 17.9 Å². The number of ether oxygens (including phenoxy) is 1. The van der Waals surface area contributed by atoms with Crippen LogP contribution >= 0.6 is 0 Å². The van der Waals surface area contributed by atoms with Gasteiger partial charge in [-0.05, 0) is 19.9 Å². The standard InChI is InChI=1S/C9H17N3O/c1-7-6-9(8(2)10)12(11-7)4-5-13-3/h6,8H,4-5,10H2,1-3H3. The highest BCUT2D eigenvalue weighted by Gasteiger charge is 2.08. The van der Waals surface area contributed by atoms with E-state index in [1.165, 1.54) is 0 Å². The predicted molar refractivity (Wildman–Crippen MR) is 51.4 cm³/mol. The van der Waals surface area contributed by atoms with E-state index in [2.05, 4.69) is 5.10 Å². The van der Waals surface area contributed by atoms with Crippen LogP contribution in [-0.4, -0.2) is 23.5 Å². The van der Waals surface area contributed by atoms with Crippen molar-refractivity contribution < 1.29 is 4.74 Å². The van der Waals surface area contributed by atoms with Crippen LogP contribution in [0.2, 0.25) is 0 Å². The molecule has 13 heavy (non-hydrogen) atoms. The summed E-state index contributed by atoms with van der Waals surface area (Å²) in [5, 5.41) is 4.33. The van der Waals surface area contributed by atoms with Crippen molar-refractivity contribution in [3.05, 3.63) is 17.5 Å². The SMILES string of the molecule is COCCn1nc(C)cc1C(C)N. The molecule has 1 unspecified atom stereocenters. The highest BCUT2D eigenvalue weighted by molar-refractivity contribution is 5.11. The van der Waals surface area contributed by atoms with Crippen LogP contribution in [0.3, 0.4) is 0 Å². The van der Waals surface area contributed by atoms with E-state index < -0.39 is 0 Å². The zero-order valence-corrected chi connectivity index (χ0v) is 8.45. The Morgan fingerprint density at radius 1 is 1.69 bits per heavy atom. The van der Waals surface area contributed by atoms with E-state index >= 15 is 0 Å². The lowest BCUT2D eigenvalue weighted by atomic mass is 10.2.